The van der Waals surface area contributed by atoms with E-state index in [1.165, 1.54) is 12.1 Å². The largest absolute Gasteiger partial charge is 0.416 e. The molecule has 102 valence electrons. The van der Waals surface area contributed by atoms with Crippen LogP contribution in [0.3, 0.4) is 0 Å². The number of rotatable bonds is 4. The summed E-state index contributed by atoms with van der Waals surface area (Å²) in [6.07, 6.45) is -2.17. The minimum Gasteiger partial charge on any atom is -0.311 e. The molecule has 7 heteroatoms. The van der Waals surface area contributed by atoms with Gasteiger partial charge < -0.3 is 5.32 Å². The number of halogens is 3. The van der Waals surface area contributed by atoms with Crippen LogP contribution < -0.4 is 5.32 Å². The second-order valence-corrected chi connectivity index (χ2v) is 4.13. The number of hydrogen-bond donors (Lipinski definition) is 2. The van der Waals surface area contributed by atoms with Gasteiger partial charge in [0, 0.05) is 0 Å². The first kappa shape index (κ1) is 13.5. The average Bonchev–Trinajstić information content (AvgIpc) is 2.89. The van der Waals surface area contributed by atoms with Crippen LogP contribution in [0.5, 0.6) is 0 Å². The second kappa shape index (κ2) is 5.40. The van der Waals surface area contributed by atoms with Crippen LogP contribution in [0.25, 0.3) is 0 Å². The van der Waals surface area contributed by atoms with Crippen molar-refractivity contribution >= 4 is 0 Å². The fraction of sp³-hybridized carbons (Fsp3) is 0.333. The molecule has 1 atom stereocenters. The minimum absolute atomic E-state index is 0.0875. The predicted molar refractivity (Wildman–Crippen MR) is 63.3 cm³/mol. The number of nitrogens with zero attached hydrogens (tertiary/aromatic N) is 2. The fourth-order valence-corrected chi connectivity index (χ4v) is 1.80. The van der Waals surface area contributed by atoms with Crippen molar-refractivity contribution < 1.29 is 13.2 Å². The van der Waals surface area contributed by atoms with E-state index in [0.717, 1.165) is 23.4 Å². The van der Waals surface area contributed by atoms with Gasteiger partial charge in [0.05, 0.1) is 23.5 Å². The molecule has 0 radical (unpaired) electrons. The van der Waals surface area contributed by atoms with Crippen LogP contribution in [0, 0.1) is 0 Å². The Kier molecular flexibility index (Phi) is 3.84. The zero-order valence-corrected chi connectivity index (χ0v) is 10.2. The molecule has 0 amide bonds. The van der Waals surface area contributed by atoms with E-state index in [1.54, 1.807) is 13.2 Å². The summed E-state index contributed by atoms with van der Waals surface area (Å²) in [4.78, 5) is 0. The van der Waals surface area contributed by atoms with Crippen LogP contribution in [0.2, 0.25) is 0 Å². The van der Waals surface area contributed by atoms with Crippen molar-refractivity contribution in [2.45, 2.75) is 18.6 Å². The van der Waals surface area contributed by atoms with E-state index in [1.807, 2.05) is 0 Å². The maximum atomic E-state index is 12.4. The quantitative estimate of drug-likeness (QED) is 0.896. The zero-order chi connectivity index (χ0) is 13.9. The summed E-state index contributed by atoms with van der Waals surface area (Å²) in [5.74, 6) is 0. The Hall–Kier alpha value is -1.89. The van der Waals surface area contributed by atoms with Crippen molar-refractivity contribution in [1.82, 2.24) is 20.7 Å². The molecule has 2 N–H and O–H groups in total. The molecule has 0 bridgehead atoms. The lowest BCUT2D eigenvalue weighted by Crippen LogP contribution is -2.19. The lowest BCUT2D eigenvalue weighted by atomic mass is 10.0. The third-order valence-corrected chi connectivity index (χ3v) is 2.86. The van der Waals surface area contributed by atoms with Gasteiger partial charge in [-0.2, -0.15) is 28.6 Å². The third kappa shape index (κ3) is 3.31. The van der Waals surface area contributed by atoms with Crippen LogP contribution in [0.15, 0.2) is 30.5 Å². The topological polar surface area (TPSA) is 53.6 Å². The monoisotopic (exact) mass is 270 g/mol. The maximum Gasteiger partial charge on any atom is 0.416 e. The Morgan fingerprint density at radius 1 is 1.26 bits per heavy atom. The minimum atomic E-state index is -4.30. The van der Waals surface area contributed by atoms with E-state index in [4.69, 9.17) is 0 Å². The molecule has 0 fully saturated rings. The van der Waals surface area contributed by atoms with Crippen LogP contribution in [0.4, 0.5) is 13.2 Å². The molecule has 0 aliphatic rings. The smallest absolute Gasteiger partial charge is 0.311 e. The van der Waals surface area contributed by atoms with E-state index in [-0.39, 0.29) is 6.04 Å². The Morgan fingerprint density at radius 3 is 2.42 bits per heavy atom. The molecule has 0 saturated carbocycles. The highest BCUT2D eigenvalue weighted by molar-refractivity contribution is 5.26. The van der Waals surface area contributed by atoms with Gasteiger partial charge in [0.25, 0.3) is 0 Å². The van der Waals surface area contributed by atoms with E-state index in [0.29, 0.717) is 6.42 Å². The van der Waals surface area contributed by atoms with Crippen molar-refractivity contribution in [3.63, 3.8) is 0 Å². The molecule has 0 saturated heterocycles. The molecular weight excluding hydrogens is 257 g/mol. The van der Waals surface area contributed by atoms with Gasteiger partial charge in [0.2, 0.25) is 0 Å². The molecule has 0 aliphatic carbocycles. The van der Waals surface area contributed by atoms with Gasteiger partial charge in [-0.25, -0.2) is 0 Å². The number of hydrogen-bond acceptors (Lipinski definition) is 3. The molecule has 19 heavy (non-hydrogen) atoms. The third-order valence-electron chi connectivity index (χ3n) is 2.86. The normalized spacial score (nSPS) is 13.5. The van der Waals surface area contributed by atoms with E-state index < -0.39 is 11.7 Å². The molecular formula is C12H13F3N4. The summed E-state index contributed by atoms with van der Waals surface area (Å²) >= 11 is 0. The predicted octanol–water partition coefficient (Wildman–Crippen LogP) is 2.33. The van der Waals surface area contributed by atoms with Gasteiger partial charge in [0.15, 0.2) is 0 Å². The number of nitrogens with one attached hydrogen (secondary N) is 2. The molecule has 0 aliphatic heterocycles. The van der Waals surface area contributed by atoms with E-state index in [2.05, 4.69) is 20.7 Å². The molecule has 1 unspecified atom stereocenters. The molecule has 4 nitrogen and oxygen atoms in total. The Morgan fingerprint density at radius 2 is 1.95 bits per heavy atom. The summed E-state index contributed by atoms with van der Waals surface area (Å²) in [5, 5.41) is 13.2. The number of aromatic nitrogens is 3. The Balaban J connectivity index is 2.11. The molecule has 1 aromatic carbocycles. The van der Waals surface area contributed by atoms with Crippen molar-refractivity contribution in [1.29, 1.82) is 0 Å². The zero-order valence-electron chi connectivity index (χ0n) is 10.2. The molecule has 2 aromatic rings. The first-order chi connectivity index (χ1) is 9.00. The summed E-state index contributed by atoms with van der Waals surface area (Å²) < 4.78 is 37.3. The lowest BCUT2D eigenvalue weighted by molar-refractivity contribution is -0.137. The number of H-pyrrole nitrogens is 1. The van der Waals surface area contributed by atoms with Gasteiger partial charge >= 0.3 is 6.18 Å². The highest BCUT2D eigenvalue weighted by Gasteiger charge is 2.30. The number of likely N-dealkylation sites (N-methyl/N-ethyl adjacent to an activating group) is 1. The maximum absolute atomic E-state index is 12.4. The first-order valence-electron chi connectivity index (χ1n) is 5.70. The van der Waals surface area contributed by atoms with Crippen molar-refractivity contribution in [3.05, 3.63) is 47.3 Å². The number of aromatic amines is 1. The van der Waals surface area contributed by atoms with Crippen molar-refractivity contribution in [2.24, 2.45) is 0 Å². The summed E-state index contributed by atoms with van der Waals surface area (Å²) in [5.41, 5.74) is 0.886. The standard InChI is InChI=1S/C12H13F3N4/c1-16-10(11-7-17-19-18-11)6-8-2-4-9(5-3-8)12(13,14)15/h2-5,7,10,16H,6H2,1H3,(H,17,18,19). The molecule has 1 heterocycles. The van der Waals surface area contributed by atoms with Gasteiger partial charge in [-0.3, -0.25) is 0 Å². The number of alkyl halides is 3. The SMILES string of the molecule is CNC(Cc1ccc(C(F)(F)F)cc1)c1cn[nH]n1. The summed E-state index contributed by atoms with van der Waals surface area (Å²) in [6.45, 7) is 0. The second-order valence-electron chi connectivity index (χ2n) is 4.13. The highest BCUT2D eigenvalue weighted by atomic mass is 19.4. The molecule has 1 aromatic heterocycles. The van der Waals surface area contributed by atoms with Gasteiger partial charge in [-0.1, -0.05) is 12.1 Å². The molecule has 0 spiro atoms. The summed E-state index contributed by atoms with van der Waals surface area (Å²) in [7, 11) is 1.77. The van der Waals surface area contributed by atoms with Crippen LogP contribution >= 0.6 is 0 Å². The highest BCUT2D eigenvalue weighted by Crippen LogP contribution is 2.29. The van der Waals surface area contributed by atoms with E-state index >= 15 is 0 Å². The fourth-order valence-electron chi connectivity index (χ4n) is 1.80. The van der Waals surface area contributed by atoms with Crippen LogP contribution in [0.1, 0.15) is 22.9 Å². The Bertz CT molecular complexity index is 505. The van der Waals surface area contributed by atoms with E-state index in [9.17, 15) is 13.2 Å². The first-order valence-corrected chi connectivity index (χ1v) is 5.70. The Labute approximate surface area is 108 Å². The van der Waals surface area contributed by atoms with Crippen LogP contribution in [-0.4, -0.2) is 22.5 Å². The van der Waals surface area contributed by atoms with Crippen molar-refractivity contribution in [2.75, 3.05) is 7.05 Å². The van der Waals surface area contributed by atoms with Gasteiger partial charge in [-0.05, 0) is 31.2 Å². The van der Waals surface area contributed by atoms with Crippen molar-refractivity contribution in [3.8, 4) is 0 Å². The summed E-state index contributed by atoms with van der Waals surface area (Å²) in [6, 6.07) is 5.05. The molecule has 2 rings (SSSR count). The number of benzene rings is 1. The van der Waals surface area contributed by atoms with Gasteiger partial charge in [0.1, 0.15) is 0 Å². The van der Waals surface area contributed by atoms with Gasteiger partial charge in [-0.15, -0.1) is 0 Å². The average molecular weight is 270 g/mol. The van der Waals surface area contributed by atoms with Crippen LogP contribution in [-0.2, 0) is 12.6 Å². The lowest BCUT2D eigenvalue weighted by Gasteiger charge is -2.14.